The van der Waals surface area contributed by atoms with Crippen molar-refractivity contribution in [2.45, 2.75) is 6.61 Å². The topological polar surface area (TPSA) is 33.0 Å². The predicted molar refractivity (Wildman–Crippen MR) is 110 cm³/mol. The summed E-state index contributed by atoms with van der Waals surface area (Å²) in [5, 5.41) is 10.2. The van der Waals surface area contributed by atoms with Gasteiger partial charge in [-0.15, -0.1) is 0 Å². The van der Waals surface area contributed by atoms with Crippen molar-refractivity contribution in [3.63, 3.8) is 0 Å². The van der Waals surface area contributed by atoms with Gasteiger partial charge in [0, 0.05) is 9.50 Å². The second-order valence-corrected chi connectivity index (χ2v) is 7.02. The molecule has 3 rings (SSSR count). The van der Waals surface area contributed by atoms with Gasteiger partial charge in [0.05, 0.1) is 11.6 Å². The lowest BCUT2D eigenvalue weighted by Gasteiger charge is -2.08. The molecule has 0 bridgehead atoms. The molecule has 0 amide bonds. The summed E-state index contributed by atoms with van der Waals surface area (Å²) in [5.74, 6) is 0.742. The summed E-state index contributed by atoms with van der Waals surface area (Å²) in [7, 11) is 0. The highest BCUT2D eigenvalue weighted by molar-refractivity contribution is 9.10. The molecular weight excluding hydrogens is 410 g/mol. The van der Waals surface area contributed by atoms with Gasteiger partial charge in [0.25, 0.3) is 0 Å². The van der Waals surface area contributed by atoms with Crippen LogP contribution < -0.4 is 4.74 Å². The van der Waals surface area contributed by atoms with Crippen LogP contribution in [0.15, 0.2) is 77.3 Å². The lowest BCUT2D eigenvalue weighted by Crippen LogP contribution is -1.95. The molecule has 0 heterocycles. The zero-order valence-corrected chi connectivity index (χ0v) is 16.2. The van der Waals surface area contributed by atoms with Crippen LogP contribution in [0.25, 0.3) is 11.6 Å². The number of halogens is 2. The second-order valence-electron chi connectivity index (χ2n) is 5.67. The van der Waals surface area contributed by atoms with Gasteiger partial charge < -0.3 is 4.74 Å². The molecule has 4 heteroatoms. The molecule has 0 N–H and O–H groups in total. The van der Waals surface area contributed by atoms with Crippen molar-refractivity contribution in [3.05, 3.63) is 99.0 Å². The van der Waals surface area contributed by atoms with Gasteiger partial charge in [-0.25, -0.2) is 0 Å². The van der Waals surface area contributed by atoms with Crippen LogP contribution >= 0.6 is 27.5 Å². The molecule has 26 heavy (non-hydrogen) atoms. The summed E-state index contributed by atoms with van der Waals surface area (Å²) in [5.41, 5.74) is 3.39. The van der Waals surface area contributed by atoms with Crippen LogP contribution in [0.1, 0.15) is 16.7 Å². The maximum Gasteiger partial charge on any atom is 0.120 e. The largest absolute Gasteiger partial charge is 0.489 e. The van der Waals surface area contributed by atoms with Crippen molar-refractivity contribution in [1.29, 1.82) is 5.26 Å². The van der Waals surface area contributed by atoms with Crippen molar-refractivity contribution in [3.8, 4) is 11.8 Å². The zero-order valence-electron chi connectivity index (χ0n) is 13.8. The Bertz CT molecular complexity index is 974. The van der Waals surface area contributed by atoms with Crippen molar-refractivity contribution >= 4 is 39.2 Å². The average Bonchev–Trinajstić information content (AvgIpc) is 2.66. The quantitative estimate of drug-likeness (QED) is 0.335. The molecule has 0 aliphatic heterocycles. The Morgan fingerprint density at radius 2 is 1.81 bits per heavy atom. The zero-order chi connectivity index (χ0) is 18.4. The van der Waals surface area contributed by atoms with Crippen LogP contribution in [0.4, 0.5) is 0 Å². The van der Waals surface area contributed by atoms with Gasteiger partial charge in [-0.3, -0.25) is 0 Å². The molecule has 2 nitrogen and oxygen atoms in total. The molecule has 0 unspecified atom stereocenters. The fourth-order valence-corrected chi connectivity index (χ4v) is 2.94. The maximum absolute atomic E-state index is 9.48. The summed E-state index contributed by atoms with van der Waals surface area (Å²) in [6, 6.07) is 25.2. The van der Waals surface area contributed by atoms with Crippen LogP contribution in [0.3, 0.4) is 0 Å². The molecule has 3 aromatic carbocycles. The van der Waals surface area contributed by atoms with Crippen LogP contribution in [-0.2, 0) is 6.61 Å². The summed E-state index contributed by atoms with van der Waals surface area (Å²) < 4.78 is 6.83. The third-order valence-corrected chi connectivity index (χ3v) is 4.50. The van der Waals surface area contributed by atoms with E-state index >= 15 is 0 Å². The first-order valence-corrected chi connectivity index (χ1v) is 9.16. The first-order chi connectivity index (χ1) is 12.6. The van der Waals surface area contributed by atoms with Gasteiger partial charge >= 0.3 is 0 Å². The Kier molecular flexibility index (Phi) is 6.12. The normalized spacial score (nSPS) is 11.0. The molecule has 0 aliphatic carbocycles. The first kappa shape index (κ1) is 18.3. The third-order valence-electron chi connectivity index (χ3n) is 3.74. The summed E-state index contributed by atoms with van der Waals surface area (Å²) in [4.78, 5) is 0. The Morgan fingerprint density at radius 1 is 1.04 bits per heavy atom. The van der Waals surface area contributed by atoms with E-state index in [-0.39, 0.29) is 0 Å². The molecule has 3 aromatic rings. The molecule has 0 fully saturated rings. The van der Waals surface area contributed by atoms with E-state index in [1.807, 2.05) is 78.9 Å². The van der Waals surface area contributed by atoms with Gasteiger partial charge in [-0.05, 0) is 59.2 Å². The van der Waals surface area contributed by atoms with Crippen LogP contribution in [0.2, 0.25) is 5.02 Å². The van der Waals surface area contributed by atoms with E-state index in [4.69, 9.17) is 16.3 Å². The molecular formula is C22H15BrClNO. The van der Waals surface area contributed by atoms with Gasteiger partial charge in [0.15, 0.2) is 0 Å². The van der Waals surface area contributed by atoms with Crippen LogP contribution in [0, 0.1) is 11.3 Å². The Balaban J connectivity index is 1.77. The van der Waals surface area contributed by atoms with E-state index in [1.165, 1.54) is 0 Å². The van der Waals surface area contributed by atoms with E-state index in [2.05, 4.69) is 22.0 Å². The lowest BCUT2D eigenvalue weighted by atomic mass is 10.0. The Hall–Kier alpha value is -2.54. The fourth-order valence-electron chi connectivity index (χ4n) is 2.46. The monoisotopic (exact) mass is 423 g/mol. The van der Waals surface area contributed by atoms with Crippen LogP contribution in [0.5, 0.6) is 5.75 Å². The van der Waals surface area contributed by atoms with Crippen molar-refractivity contribution in [1.82, 2.24) is 0 Å². The van der Waals surface area contributed by atoms with E-state index in [0.29, 0.717) is 17.2 Å². The minimum Gasteiger partial charge on any atom is -0.489 e. The number of ether oxygens (including phenoxy) is 1. The van der Waals surface area contributed by atoms with Crippen LogP contribution in [-0.4, -0.2) is 0 Å². The summed E-state index contributed by atoms with van der Waals surface area (Å²) in [6.07, 6.45) is 1.86. The molecule has 0 aliphatic rings. The average molecular weight is 425 g/mol. The van der Waals surface area contributed by atoms with E-state index in [9.17, 15) is 5.26 Å². The fraction of sp³-hybridized carbons (Fsp3) is 0.0455. The molecule has 0 saturated heterocycles. The van der Waals surface area contributed by atoms with Gasteiger partial charge in [-0.2, -0.15) is 5.26 Å². The molecule has 128 valence electrons. The summed E-state index contributed by atoms with van der Waals surface area (Å²) in [6.45, 7) is 0.436. The maximum atomic E-state index is 9.48. The second kappa shape index (κ2) is 8.71. The van der Waals surface area contributed by atoms with Crippen molar-refractivity contribution < 1.29 is 4.74 Å². The SMILES string of the molecule is N#C/C(=C\c1cccc(OCc2cccc(Cl)c2)c1)c1ccc(Br)cc1. The Morgan fingerprint density at radius 3 is 2.54 bits per heavy atom. The standard InChI is InChI=1S/C22H15BrClNO/c23-20-9-7-18(8-10-20)19(14-25)11-16-3-2-6-22(13-16)26-15-17-4-1-5-21(24)12-17/h1-13H,15H2/b19-11+. The number of hydrogen-bond donors (Lipinski definition) is 0. The number of allylic oxidation sites excluding steroid dienone is 1. The third kappa shape index (κ3) is 4.98. The predicted octanol–water partition coefficient (Wildman–Crippen LogP) is 6.75. The molecule has 0 aromatic heterocycles. The van der Waals surface area contributed by atoms with E-state index < -0.39 is 0 Å². The minimum atomic E-state index is 0.436. The summed E-state index contributed by atoms with van der Waals surface area (Å²) >= 11 is 9.40. The molecule has 0 spiro atoms. The van der Waals surface area contributed by atoms with Gasteiger partial charge in [0.1, 0.15) is 12.4 Å². The minimum absolute atomic E-state index is 0.436. The van der Waals surface area contributed by atoms with Gasteiger partial charge in [-0.1, -0.05) is 63.9 Å². The number of nitriles is 1. The molecule has 0 saturated carbocycles. The number of nitrogens with zero attached hydrogens (tertiary/aromatic N) is 1. The van der Waals surface area contributed by atoms with Gasteiger partial charge in [0.2, 0.25) is 0 Å². The van der Waals surface area contributed by atoms with E-state index in [0.717, 1.165) is 26.9 Å². The Labute approximate surface area is 166 Å². The first-order valence-electron chi connectivity index (χ1n) is 7.99. The highest BCUT2D eigenvalue weighted by Crippen LogP contribution is 2.23. The number of rotatable bonds is 5. The smallest absolute Gasteiger partial charge is 0.120 e. The van der Waals surface area contributed by atoms with Crippen molar-refractivity contribution in [2.75, 3.05) is 0 Å². The molecule has 0 atom stereocenters. The van der Waals surface area contributed by atoms with Crippen molar-refractivity contribution in [2.24, 2.45) is 0 Å². The highest BCUT2D eigenvalue weighted by Gasteiger charge is 2.03. The lowest BCUT2D eigenvalue weighted by molar-refractivity contribution is 0.306. The highest BCUT2D eigenvalue weighted by atomic mass is 79.9. The molecule has 0 radical (unpaired) electrons. The number of benzene rings is 3. The number of hydrogen-bond acceptors (Lipinski definition) is 2. The van der Waals surface area contributed by atoms with E-state index in [1.54, 1.807) is 0 Å².